The van der Waals surface area contributed by atoms with Gasteiger partial charge in [-0.25, -0.2) is 5.01 Å². The number of aryl methyl sites for hydroxylation is 1. The van der Waals surface area contributed by atoms with Crippen LogP contribution >= 0.6 is 0 Å². The summed E-state index contributed by atoms with van der Waals surface area (Å²) in [5, 5.41) is 1.74. The van der Waals surface area contributed by atoms with E-state index in [1.54, 1.807) is 11.2 Å². The molecule has 116 valence electrons. The fraction of sp³-hybridized carbons (Fsp3) is 0.158. The van der Waals surface area contributed by atoms with Crippen LogP contribution < -0.4 is 5.84 Å². The lowest BCUT2D eigenvalue weighted by molar-refractivity contribution is 0.259. The van der Waals surface area contributed by atoms with Gasteiger partial charge in [0.25, 0.3) is 0 Å². The molecule has 0 saturated carbocycles. The second-order valence-electron chi connectivity index (χ2n) is 5.58. The molecule has 0 aliphatic carbocycles. The van der Waals surface area contributed by atoms with E-state index in [0.717, 1.165) is 22.5 Å². The third-order valence-corrected chi connectivity index (χ3v) is 3.77. The number of rotatable bonds is 5. The van der Waals surface area contributed by atoms with Crippen LogP contribution in [0.25, 0.3) is 11.1 Å². The normalized spacial score (nSPS) is 10.9. The average molecular weight is 304 g/mol. The van der Waals surface area contributed by atoms with E-state index < -0.39 is 0 Å². The molecule has 0 aliphatic rings. The van der Waals surface area contributed by atoms with Gasteiger partial charge in [0.2, 0.25) is 0 Å². The van der Waals surface area contributed by atoms with Crippen LogP contribution in [0.2, 0.25) is 0 Å². The predicted octanol–water partition coefficient (Wildman–Crippen LogP) is 3.33. The summed E-state index contributed by atoms with van der Waals surface area (Å²) in [6.07, 6.45) is 3.69. The Balaban J connectivity index is 1.65. The molecule has 0 saturated heterocycles. The molecule has 0 bridgehead atoms. The first-order chi connectivity index (χ1) is 11.2. The maximum absolute atomic E-state index is 6.11. The second-order valence-corrected chi connectivity index (χ2v) is 5.58. The summed E-state index contributed by atoms with van der Waals surface area (Å²) in [4.78, 5) is 8.89. The predicted molar refractivity (Wildman–Crippen MR) is 92.1 cm³/mol. The molecule has 0 fully saturated rings. The lowest BCUT2D eigenvalue weighted by atomic mass is 10.1. The van der Waals surface area contributed by atoms with Crippen molar-refractivity contribution in [3.63, 3.8) is 0 Å². The molecule has 0 aliphatic heterocycles. The van der Waals surface area contributed by atoms with E-state index in [1.807, 2.05) is 49.5 Å². The Bertz CT molecular complexity index is 754. The number of hydrogen-bond donors (Lipinski definition) is 1. The van der Waals surface area contributed by atoms with Crippen molar-refractivity contribution in [1.29, 1.82) is 0 Å². The quantitative estimate of drug-likeness (QED) is 0.580. The number of benzene rings is 1. The van der Waals surface area contributed by atoms with Gasteiger partial charge < -0.3 is 0 Å². The summed E-state index contributed by atoms with van der Waals surface area (Å²) < 4.78 is 0. The molecule has 1 aromatic carbocycles. The second kappa shape index (κ2) is 7.13. The molecule has 23 heavy (non-hydrogen) atoms. The molecule has 2 aromatic heterocycles. The van der Waals surface area contributed by atoms with Crippen LogP contribution in [0.4, 0.5) is 0 Å². The zero-order valence-electron chi connectivity index (χ0n) is 13.2. The Morgan fingerprint density at radius 1 is 0.870 bits per heavy atom. The molecular weight excluding hydrogens is 284 g/mol. The molecule has 4 nitrogen and oxygen atoms in total. The Labute approximate surface area is 136 Å². The highest BCUT2D eigenvalue weighted by Gasteiger charge is 2.07. The highest BCUT2D eigenvalue weighted by Crippen LogP contribution is 2.18. The Morgan fingerprint density at radius 3 is 2.39 bits per heavy atom. The summed E-state index contributed by atoms with van der Waals surface area (Å²) in [6.45, 7) is 3.24. The first-order valence-corrected chi connectivity index (χ1v) is 7.63. The van der Waals surface area contributed by atoms with E-state index in [2.05, 4.69) is 28.2 Å². The smallest absolute Gasteiger partial charge is 0.0587 e. The monoisotopic (exact) mass is 304 g/mol. The van der Waals surface area contributed by atoms with E-state index in [4.69, 9.17) is 5.84 Å². The minimum atomic E-state index is 0.588. The Morgan fingerprint density at radius 2 is 1.70 bits per heavy atom. The number of nitrogens with zero attached hydrogens (tertiary/aromatic N) is 3. The van der Waals surface area contributed by atoms with Gasteiger partial charge >= 0.3 is 0 Å². The Kier molecular flexibility index (Phi) is 4.76. The fourth-order valence-electron chi connectivity index (χ4n) is 2.46. The zero-order valence-corrected chi connectivity index (χ0v) is 13.2. The molecule has 0 atom stereocenters. The van der Waals surface area contributed by atoms with Crippen LogP contribution in [0.5, 0.6) is 0 Å². The van der Waals surface area contributed by atoms with Gasteiger partial charge in [0, 0.05) is 18.0 Å². The minimum absolute atomic E-state index is 0.588. The lowest BCUT2D eigenvalue weighted by Crippen LogP contribution is -2.30. The van der Waals surface area contributed by atoms with Gasteiger partial charge in [-0.2, -0.15) is 0 Å². The molecule has 0 spiro atoms. The number of aromatic nitrogens is 2. The van der Waals surface area contributed by atoms with Crippen LogP contribution in [0.15, 0.2) is 67.0 Å². The maximum Gasteiger partial charge on any atom is 0.0587 e. The van der Waals surface area contributed by atoms with Crippen LogP contribution in [0.3, 0.4) is 0 Å². The standard InChI is InChI=1S/C19H20N4/c1-15-6-5-11-21-19(15)14-23(20)13-18-10-9-17(12-22-18)16-7-3-2-4-8-16/h2-12H,13-14,20H2,1H3. The molecule has 3 rings (SSSR count). The van der Waals surface area contributed by atoms with Crippen molar-refractivity contribution in [3.05, 3.63) is 83.9 Å². The van der Waals surface area contributed by atoms with Crippen molar-refractivity contribution in [2.45, 2.75) is 20.0 Å². The first kappa shape index (κ1) is 15.3. The van der Waals surface area contributed by atoms with Crippen molar-refractivity contribution in [2.75, 3.05) is 0 Å². The highest BCUT2D eigenvalue weighted by molar-refractivity contribution is 5.62. The van der Waals surface area contributed by atoms with Crippen LogP contribution in [-0.2, 0) is 13.1 Å². The van der Waals surface area contributed by atoms with E-state index in [9.17, 15) is 0 Å². The summed E-state index contributed by atoms with van der Waals surface area (Å²) in [7, 11) is 0. The maximum atomic E-state index is 6.11. The average Bonchev–Trinajstić information content (AvgIpc) is 2.58. The third-order valence-electron chi connectivity index (χ3n) is 3.77. The summed E-state index contributed by atoms with van der Waals surface area (Å²) in [5.41, 5.74) is 5.37. The van der Waals surface area contributed by atoms with Gasteiger partial charge in [0.15, 0.2) is 0 Å². The topological polar surface area (TPSA) is 55.0 Å². The van der Waals surface area contributed by atoms with Gasteiger partial charge in [0.1, 0.15) is 0 Å². The number of nitrogens with two attached hydrogens (primary N) is 1. The SMILES string of the molecule is Cc1cccnc1CN(N)Cc1ccc(-c2ccccc2)cn1. The molecule has 0 amide bonds. The van der Waals surface area contributed by atoms with Gasteiger partial charge in [-0.3, -0.25) is 15.8 Å². The zero-order chi connectivity index (χ0) is 16.1. The summed E-state index contributed by atoms with van der Waals surface area (Å²) in [5.74, 6) is 6.11. The largest absolute Gasteiger partial charge is 0.268 e. The summed E-state index contributed by atoms with van der Waals surface area (Å²) in [6, 6.07) is 18.3. The van der Waals surface area contributed by atoms with Gasteiger partial charge in [-0.1, -0.05) is 42.5 Å². The lowest BCUT2D eigenvalue weighted by Gasteiger charge is -2.16. The molecule has 4 heteroatoms. The van der Waals surface area contributed by atoms with E-state index in [1.165, 1.54) is 5.56 Å². The number of pyridine rings is 2. The van der Waals surface area contributed by atoms with Crippen molar-refractivity contribution >= 4 is 0 Å². The van der Waals surface area contributed by atoms with Crippen molar-refractivity contribution in [2.24, 2.45) is 5.84 Å². The third kappa shape index (κ3) is 4.00. The van der Waals surface area contributed by atoms with Crippen molar-refractivity contribution in [3.8, 4) is 11.1 Å². The molecule has 2 heterocycles. The van der Waals surface area contributed by atoms with Crippen molar-refractivity contribution < 1.29 is 0 Å². The van der Waals surface area contributed by atoms with Crippen LogP contribution in [-0.4, -0.2) is 15.0 Å². The van der Waals surface area contributed by atoms with E-state index in [0.29, 0.717) is 13.1 Å². The van der Waals surface area contributed by atoms with E-state index >= 15 is 0 Å². The van der Waals surface area contributed by atoms with E-state index in [-0.39, 0.29) is 0 Å². The minimum Gasteiger partial charge on any atom is -0.268 e. The first-order valence-electron chi connectivity index (χ1n) is 7.63. The molecule has 0 unspecified atom stereocenters. The van der Waals surface area contributed by atoms with Crippen LogP contribution in [0, 0.1) is 6.92 Å². The molecule has 2 N–H and O–H groups in total. The highest BCUT2D eigenvalue weighted by atomic mass is 15.4. The van der Waals surface area contributed by atoms with Gasteiger partial charge in [-0.05, 0) is 30.2 Å². The molecule has 3 aromatic rings. The number of hydrazine groups is 1. The summed E-state index contributed by atoms with van der Waals surface area (Å²) >= 11 is 0. The van der Waals surface area contributed by atoms with Gasteiger partial charge in [-0.15, -0.1) is 0 Å². The van der Waals surface area contributed by atoms with Gasteiger partial charge in [0.05, 0.1) is 24.5 Å². The molecule has 0 radical (unpaired) electrons. The Hall–Kier alpha value is -2.56. The van der Waals surface area contributed by atoms with Crippen LogP contribution in [0.1, 0.15) is 17.0 Å². The number of hydrogen-bond acceptors (Lipinski definition) is 4. The van der Waals surface area contributed by atoms with Crippen molar-refractivity contribution in [1.82, 2.24) is 15.0 Å². The fourth-order valence-corrected chi connectivity index (χ4v) is 2.46. The molecular formula is C19H20N4.